The Morgan fingerprint density at radius 2 is 1.65 bits per heavy atom. The molecule has 0 radical (unpaired) electrons. The van der Waals surface area contributed by atoms with E-state index < -0.39 is 6.04 Å². The number of hydrogen-bond acceptors (Lipinski definition) is 2. The van der Waals surface area contributed by atoms with Crippen molar-refractivity contribution in [1.82, 2.24) is 10.2 Å². The number of likely N-dealkylation sites (N-methyl/N-ethyl adjacent to an activating group) is 1. The highest BCUT2D eigenvalue weighted by Crippen LogP contribution is 2.26. The zero-order valence-corrected chi connectivity index (χ0v) is 16.6. The molecule has 4 nitrogen and oxygen atoms in total. The molecule has 2 aromatic carbocycles. The third-order valence-electron chi connectivity index (χ3n) is 4.28. The molecule has 138 valence electrons. The maximum atomic E-state index is 12.9. The van der Waals surface area contributed by atoms with E-state index in [4.69, 9.17) is 23.2 Å². The second-order valence-electron chi connectivity index (χ2n) is 6.17. The number of rotatable bonds is 6. The minimum absolute atomic E-state index is 0.164. The van der Waals surface area contributed by atoms with E-state index in [0.717, 1.165) is 11.1 Å². The Balaban J connectivity index is 2.29. The molecule has 1 atom stereocenters. The van der Waals surface area contributed by atoms with Gasteiger partial charge in [0.2, 0.25) is 11.8 Å². The van der Waals surface area contributed by atoms with Gasteiger partial charge in [0.05, 0.1) is 6.42 Å². The Morgan fingerprint density at radius 3 is 2.19 bits per heavy atom. The van der Waals surface area contributed by atoms with Crippen LogP contribution in [0.5, 0.6) is 0 Å². The maximum Gasteiger partial charge on any atom is 0.242 e. The van der Waals surface area contributed by atoms with Gasteiger partial charge in [0.15, 0.2) is 0 Å². The lowest BCUT2D eigenvalue weighted by Crippen LogP contribution is -2.47. The predicted octanol–water partition coefficient (Wildman–Crippen LogP) is 4.01. The Hall–Kier alpha value is -2.04. The summed E-state index contributed by atoms with van der Waals surface area (Å²) >= 11 is 12.5. The van der Waals surface area contributed by atoms with E-state index in [1.165, 1.54) is 4.90 Å². The smallest absolute Gasteiger partial charge is 0.242 e. The summed E-state index contributed by atoms with van der Waals surface area (Å²) < 4.78 is 0. The minimum Gasteiger partial charge on any atom is -0.357 e. The summed E-state index contributed by atoms with van der Waals surface area (Å²) in [7, 11) is 1.55. The van der Waals surface area contributed by atoms with E-state index in [1.807, 2.05) is 31.2 Å². The van der Waals surface area contributed by atoms with Gasteiger partial charge < -0.3 is 10.2 Å². The van der Waals surface area contributed by atoms with Crippen LogP contribution in [0.15, 0.2) is 42.5 Å². The van der Waals surface area contributed by atoms with Gasteiger partial charge in [-0.3, -0.25) is 9.59 Å². The third kappa shape index (κ3) is 4.99. The largest absolute Gasteiger partial charge is 0.357 e. The van der Waals surface area contributed by atoms with Crippen molar-refractivity contribution in [2.24, 2.45) is 0 Å². The average molecular weight is 393 g/mol. The van der Waals surface area contributed by atoms with Crippen LogP contribution in [0.3, 0.4) is 0 Å². The summed E-state index contributed by atoms with van der Waals surface area (Å²) in [4.78, 5) is 26.6. The van der Waals surface area contributed by atoms with E-state index in [1.54, 1.807) is 32.2 Å². The van der Waals surface area contributed by atoms with Gasteiger partial charge in [-0.1, -0.05) is 59.1 Å². The molecule has 0 heterocycles. The zero-order valence-electron chi connectivity index (χ0n) is 15.1. The van der Waals surface area contributed by atoms with E-state index in [9.17, 15) is 9.59 Å². The monoisotopic (exact) mass is 392 g/mol. The van der Waals surface area contributed by atoms with Crippen LogP contribution in [0.1, 0.15) is 23.6 Å². The molecule has 0 saturated heterocycles. The van der Waals surface area contributed by atoms with Crippen LogP contribution in [0.2, 0.25) is 10.0 Å². The van der Waals surface area contributed by atoms with Crippen LogP contribution < -0.4 is 5.32 Å². The first kappa shape index (κ1) is 20.3. The normalized spacial score (nSPS) is 11.7. The summed E-state index contributed by atoms with van der Waals surface area (Å²) in [5.74, 6) is -0.411. The molecule has 2 aromatic rings. The van der Waals surface area contributed by atoms with Gasteiger partial charge in [-0.15, -0.1) is 0 Å². The molecule has 0 aliphatic carbocycles. The topological polar surface area (TPSA) is 49.4 Å². The molecule has 0 aliphatic rings. The summed E-state index contributed by atoms with van der Waals surface area (Å²) in [6.07, 6.45) is 0.198. The Labute approximate surface area is 164 Å². The zero-order chi connectivity index (χ0) is 19.3. The van der Waals surface area contributed by atoms with Crippen LogP contribution >= 0.6 is 23.2 Å². The van der Waals surface area contributed by atoms with E-state index in [0.29, 0.717) is 15.6 Å². The number of benzene rings is 2. The van der Waals surface area contributed by atoms with Gasteiger partial charge in [0, 0.05) is 29.2 Å². The molecular weight excluding hydrogens is 371 g/mol. The highest BCUT2D eigenvalue weighted by atomic mass is 35.5. The maximum absolute atomic E-state index is 12.9. The van der Waals surface area contributed by atoms with Crippen molar-refractivity contribution >= 4 is 35.0 Å². The number of carbonyl (C=O) groups is 2. The second-order valence-corrected chi connectivity index (χ2v) is 6.99. The van der Waals surface area contributed by atoms with Crippen LogP contribution in [0.25, 0.3) is 0 Å². The molecule has 0 fully saturated rings. The molecule has 1 unspecified atom stereocenters. The Morgan fingerprint density at radius 1 is 1.08 bits per heavy atom. The standard InChI is InChI=1S/C20H22Cl2N2O2/c1-13-7-9-15(10-8-13)11-19(25)24(14(2)20(26)23-3)12-16-17(21)5-4-6-18(16)22/h4-10,14H,11-12H2,1-3H3,(H,23,26). The lowest BCUT2D eigenvalue weighted by Gasteiger charge is -2.29. The van der Waals surface area contributed by atoms with Crippen molar-refractivity contribution in [2.75, 3.05) is 7.05 Å². The lowest BCUT2D eigenvalue weighted by atomic mass is 10.1. The summed E-state index contributed by atoms with van der Waals surface area (Å²) in [6.45, 7) is 3.85. The van der Waals surface area contributed by atoms with Crippen molar-refractivity contribution in [3.05, 3.63) is 69.2 Å². The summed E-state index contributed by atoms with van der Waals surface area (Å²) in [5, 5.41) is 3.52. The van der Waals surface area contributed by atoms with Crippen LogP contribution in [-0.4, -0.2) is 29.8 Å². The van der Waals surface area contributed by atoms with Crippen LogP contribution in [-0.2, 0) is 22.6 Å². The van der Waals surface area contributed by atoms with Gasteiger partial charge in [-0.25, -0.2) is 0 Å². The summed E-state index contributed by atoms with van der Waals surface area (Å²) in [6, 6.07) is 12.3. The number of carbonyl (C=O) groups excluding carboxylic acids is 2. The number of hydrogen-bond donors (Lipinski definition) is 1. The van der Waals surface area contributed by atoms with Crippen molar-refractivity contribution in [3.63, 3.8) is 0 Å². The fourth-order valence-corrected chi connectivity index (χ4v) is 3.14. The van der Waals surface area contributed by atoms with Crippen molar-refractivity contribution in [1.29, 1.82) is 0 Å². The fraction of sp³-hybridized carbons (Fsp3) is 0.300. The van der Waals surface area contributed by atoms with Crippen LogP contribution in [0.4, 0.5) is 0 Å². The number of nitrogens with one attached hydrogen (secondary N) is 1. The van der Waals surface area contributed by atoms with Crippen molar-refractivity contribution in [2.45, 2.75) is 32.9 Å². The van der Waals surface area contributed by atoms with Crippen molar-refractivity contribution < 1.29 is 9.59 Å². The summed E-state index contributed by atoms with van der Waals surface area (Å²) in [5.41, 5.74) is 2.64. The predicted molar refractivity (Wildman–Crippen MR) is 105 cm³/mol. The number of aryl methyl sites for hydroxylation is 1. The molecule has 0 spiro atoms. The molecule has 0 aliphatic heterocycles. The Bertz CT molecular complexity index is 771. The molecule has 26 heavy (non-hydrogen) atoms. The fourth-order valence-electron chi connectivity index (χ4n) is 2.63. The highest BCUT2D eigenvalue weighted by Gasteiger charge is 2.26. The average Bonchev–Trinajstić information content (AvgIpc) is 2.62. The second kappa shape index (κ2) is 9.06. The SMILES string of the molecule is CNC(=O)C(C)N(Cc1c(Cl)cccc1Cl)C(=O)Cc1ccc(C)cc1. The molecule has 1 N–H and O–H groups in total. The molecular formula is C20H22Cl2N2O2. The van der Waals surface area contributed by atoms with Crippen LogP contribution in [0, 0.1) is 6.92 Å². The highest BCUT2D eigenvalue weighted by molar-refractivity contribution is 6.36. The quantitative estimate of drug-likeness (QED) is 0.806. The molecule has 0 aromatic heterocycles. The number of nitrogens with zero attached hydrogens (tertiary/aromatic N) is 1. The molecule has 0 saturated carbocycles. The molecule has 0 bridgehead atoms. The molecule has 2 rings (SSSR count). The Kier molecular flexibility index (Phi) is 7.06. The van der Waals surface area contributed by atoms with Gasteiger partial charge >= 0.3 is 0 Å². The van der Waals surface area contributed by atoms with E-state index in [2.05, 4.69) is 5.32 Å². The van der Waals surface area contributed by atoms with Gasteiger partial charge in [0.25, 0.3) is 0 Å². The molecule has 6 heteroatoms. The third-order valence-corrected chi connectivity index (χ3v) is 4.99. The minimum atomic E-state index is -0.648. The first-order valence-electron chi connectivity index (χ1n) is 8.33. The molecule has 2 amide bonds. The van der Waals surface area contributed by atoms with Crippen molar-refractivity contribution in [3.8, 4) is 0 Å². The first-order valence-corrected chi connectivity index (χ1v) is 9.08. The number of amides is 2. The lowest BCUT2D eigenvalue weighted by molar-refractivity contribution is -0.139. The van der Waals surface area contributed by atoms with E-state index in [-0.39, 0.29) is 24.8 Å². The van der Waals surface area contributed by atoms with Gasteiger partial charge in [-0.05, 0) is 31.5 Å². The van der Waals surface area contributed by atoms with Gasteiger partial charge in [-0.2, -0.15) is 0 Å². The number of halogens is 2. The van der Waals surface area contributed by atoms with Gasteiger partial charge in [0.1, 0.15) is 6.04 Å². The van der Waals surface area contributed by atoms with E-state index >= 15 is 0 Å². The first-order chi connectivity index (χ1) is 12.3.